The first-order valence-electron chi connectivity index (χ1n) is 2.92. The average Bonchev–Trinajstić information content (AvgIpc) is 2.13. The molecule has 0 heterocycles. The molecule has 0 fully saturated rings. The van der Waals surface area contributed by atoms with E-state index in [1.165, 1.54) is 0 Å². The van der Waals surface area contributed by atoms with Crippen LogP contribution in [0.2, 0.25) is 25.1 Å². The maximum absolute atomic E-state index is 8.66. The summed E-state index contributed by atoms with van der Waals surface area (Å²) in [5, 5.41) is 8.82. The van der Waals surface area contributed by atoms with Gasteiger partial charge in [0.15, 0.2) is 0 Å². The Balaban J connectivity index is 3.69. The third kappa shape index (κ3) is 1.83. The summed E-state index contributed by atoms with van der Waals surface area (Å²) < 4.78 is 0. The molecule has 0 saturated heterocycles. The largest absolute Gasteiger partial charge is 0.192 e. The van der Waals surface area contributed by atoms with Crippen molar-refractivity contribution in [1.29, 1.82) is 5.26 Å². The SMILES string of the molecule is N#Cc1c(Cl)c(Cl)c(Cl)c(Cl)c1Cl. The predicted molar refractivity (Wildman–Crippen MR) is 56.2 cm³/mol. The highest BCUT2D eigenvalue weighted by Gasteiger charge is 2.18. The second-order valence-electron chi connectivity index (χ2n) is 2.06. The molecule has 0 saturated carbocycles. The minimum Gasteiger partial charge on any atom is -0.192 e. The van der Waals surface area contributed by atoms with E-state index in [4.69, 9.17) is 63.3 Å². The molecule has 13 heavy (non-hydrogen) atoms. The Bertz CT molecular complexity index is 377. The van der Waals surface area contributed by atoms with Crippen LogP contribution >= 0.6 is 58.0 Å². The van der Waals surface area contributed by atoms with Gasteiger partial charge in [-0.05, 0) is 0 Å². The molecular formula is C7Cl5N. The van der Waals surface area contributed by atoms with Gasteiger partial charge in [-0.15, -0.1) is 0 Å². The Morgan fingerprint density at radius 3 is 1.31 bits per heavy atom. The fourth-order valence-electron chi connectivity index (χ4n) is 0.703. The number of hydrogen-bond acceptors (Lipinski definition) is 1. The maximum atomic E-state index is 8.66. The van der Waals surface area contributed by atoms with E-state index in [0.717, 1.165) is 0 Å². The molecule has 0 radical (unpaired) electrons. The molecule has 1 rings (SSSR count). The molecule has 0 spiro atoms. The molecular weight excluding hydrogens is 275 g/mol. The molecule has 0 aliphatic heterocycles. The van der Waals surface area contributed by atoms with Crippen LogP contribution in [0.5, 0.6) is 0 Å². The van der Waals surface area contributed by atoms with Crippen LogP contribution in [-0.4, -0.2) is 0 Å². The number of nitriles is 1. The second-order valence-corrected chi connectivity index (χ2v) is 3.95. The van der Waals surface area contributed by atoms with Gasteiger partial charge in [0.2, 0.25) is 0 Å². The van der Waals surface area contributed by atoms with Gasteiger partial charge in [-0.3, -0.25) is 0 Å². The van der Waals surface area contributed by atoms with Crippen molar-refractivity contribution in [3.05, 3.63) is 30.7 Å². The topological polar surface area (TPSA) is 23.8 Å². The smallest absolute Gasteiger partial charge is 0.102 e. The lowest BCUT2D eigenvalue weighted by Gasteiger charge is -2.06. The van der Waals surface area contributed by atoms with Crippen molar-refractivity contribution < 1.29 is 0 Å². The van der Waals surface area contributed by atoms with Crippen LogP contribution < -0.4 is 0 Å². The second kappa shape index (κ2) is 4.13. The lowest BCUT2D eigenvalue weighted by atomic mass is 10.2. The van der Waals surface area contributed by atoms with E-state index in [1.807, 2.05) is 0 Å². The highest BCUT2D eigenvalue weighted by molar-refractivity contribution is 6.55. The first-order valence-corrected chi connectivity index (χ1v) is 4.81. The molecule has 1 aromatic rings. The van der Waals surface area contributed by atoms with Gasteiger partial charge in [-0.2, -0.15) is 5.26 Å². The standard InChI is InChI=1S/C7Cl5N/c8-3-2(1-13)4(9)6(11)7(12)5(3)10. The Morgan fingerprint density at radius 1 is 0.692 bits per heavy atom. The molecule has 1 aromatic carbocycles. The molecule has 0 aliphatic rings. The minimum absolute atomic E-state index is 0.0172. The zero-order valence-corrected chi connectivity index (χ0v) is 9.62. The van der Waals surface area contributed by atoms with Gasteiger partial charge in [-0.25, -0.2) is 0 Å². The molecule has 0 bridgehead atoms. The monoisotopic (exact) mass is 273 g/mol. The van der Waals surface area contributed by atoms with Gasteiger partial charge >= 0.3 is 0 Å². The first kappa shape index (κ1) is 11.2. The van der Waals surface area contributed by atoms with E-state index in [1.54, 1.807) is 6.07 Å². The van der Waals surface area contributed by atoms with Crippen molar-refractivity contribution in [2.45, 2.75) is 0 Å². The highest BCUT2D eigenvalue weighted by atomic mass is 35.5. The molecule has 0 aromatic heterocycles. The van der Waals surface area contributed by atoms with Crippen LogP contribution in [0.4, 0.5) is 0 Å². The Labute approximate surface area is 99.7 Å². The summed E-state index contributed by atoms with van der Waals surface area (Å²) in [7, 11) is 0. The van der Waals surface area contributed by atoms with Gasteiger partial charge in [0, 0.05) is 0 Å². The quantitative estimate of drug-likeness (QED) is 0.491. The van der Waals surface area contributed by atoms with Crippen molar-refractivity contribution in [2.75, 3.05) is 0 Å². The molecule has 0 atom stereocenters. The lowest BCUT2D eigenvalue weighted by molar-refractivity contribution is 1.48. The van der Waals surface area contributed by atoms with Crippen molar-refractivity contribution in [3.63, 3.8) is 0 Å². The van der Waals surface area contributed by atoms with Crippen LogP contribution in [0.15, 0.2) is 0 Å². The lowest BCUT2D eigenvalue weighted by Crippen LogP contribution is -1.84. The summed E-state index contributed by atoms with van der Waals surface area (Å²) in [5.41, 5.74) is 0.0303. The van der Waals surface area contributed by atoms with Gasteiger partial charge in [-0.1, -0.05) is 58.0 Å². The van der Waals surface area contributed by atoms with Crippen molar-refractivity contribution >= 4 is 58.0 Å². The van der Waals surface area contributed by atoms with E-state index in [-0.39, 0.29) is 30.7 Å². The Kier molecular flexibility index (Phi) is 3.57. The molecule has 0 aliphatic carbocycles. The summed E-state index contributed by atoms with van der Waals surface area (Å²) in [6, 6.07) is 1.78. The van der Waals surface area contributed by atoms with Gasteiger partial charge in [0.1, 0.15) is 6.07 Å². The van der Waals surface area contributed by atoms with Gasteiger partial charge in [0.25, 0.3) is 0 Å². The van der Waals surface area contributed by atoms with Crippen LogP contribution in [0, 0.1) is 11.3 Å². The molecule has 0 unspecified atom stereocenters. The normalized spacial score (nSPS) is 9.85. The van der Waals surface area contributed by atoms with E-state index in [9.17, 15) is 0 Å². The molecule has 68 valence electrons. The van der Waals surface area contributed by atoms with Crippen LogP contribution in [-0.2, 0) is 0 Å². The first-order chi connectivity index (χ1) is 6.00. The minimum atomic E-state index is 0.0172. The van der Waals surface area contributed by atoms with E-state index < -0.39 is 0 Å². The fourth-order valence-corrected chi connectivity index (χ4v) is 1.93. The third-order valence-corrected chi connectivity index (χ3v) is 3.60. The number of hydrogen-bond donors (Lipinski definition) is 0. The summed E-state index contributed by atoms with van der Waals surface area (Å²) in [4.78, 5) is 0. The number of nitrogens with zero attached hydrogens (tertiary/aromatic N) is 1. The van der Waals surface area contributed by atoms with Crippen molar-refractivity contribution in [2.24, 2.45) is 0 Å². The van der Waals surface area contributed by atoms with Crippen LogP contribution in [0.25, 0.3) is 0 Å². The predicted octanol–water partition coefficient (Wildman–Crippen LogP) is 4.83. The van der Waals surface area contributed by atoms with E-state index in [0.29, 0.717) is 0 Å². The summed E-state index contributed by atoms with van der Waals surface area (Å²) in [6.07, 6.45) is 0. The zero-order chi connectivity index (χ0) is 10.2. The summed E-state index contributed by atoms with van der Waals surface area (Å²) >= 11 is 28.4. The average molecular weight is 275 g/mol. The van der Waals surface area contributed by atoms with E-state index >= 15 is 0 Å². The number of halogens is 5. The number of rotatable bonds is 0. The summed E-state index contributed by atoms with van der Waals surface area (Å²) in [5.74, 6) is 0. The molecule has 6 heteroatoms. The third-order valence-electron chi connectivity index (χ3n) is 1.32. The Morgan fingerprint density at radius 2 is 1.00 bits per heavy atom. The Hall–Kier alpha value is 0.160. The fraction of sp³-hybridized carbons (Fsp3) is 0. The summed E-state index contributed by atoms with van der Waals surface area (Å²) in [6.45, 7) is 0. The maximum Gasteiger partial charge on any atom is 0.102 e. The van der Waals surface area contributed by atoms with Crippen molar-refractivity contribution in [1.82, 2.24) is 0 Å². The molecule has 0 amide bonds. The van der Waals surface area contributed by atoms with E-state index in [2.05, 4.69) is 0 Å². The van der Waals surface area contributed by atoms with Gasteiger partial charge in [0.05, 0.1) is 30.7 Å². The van der Waals surface area contributed by atoms with Crippen LogP contribution in [0.3, 0.4) is 0 Å². The zero-order valence-electron chi connectivity index (χ0n) is 5.84. The van der Waals surface area contributed by atoms with Crippen LogP contribution in [0.1, 0.15) is 5.56 Å². The van der Waals surface area contributed by atoms with Gasteiger partial charge < -0.3 is 0 Å². The molecule has 0 N–H and O–H groups in total. The molecule has 1 nitrogen and oxygen atoms in total. The van der Waals surface area contributed by atoms with Crippen molar-refractivity contribution in [3.8, 4) is 6.07 Å². The highest BCUT2D eigenvalue weighted by Crippen LogP contribution is 2.43. The number of benzene rings is 1.